The molecule has 0 nitrogen and oxygen atoms in total. The highest BCUT2D eigenvalue weighted by molar-refractivity contribution is 7.99. The van der Waals surface area contributed by atoms with E-state index in [9.17, 15) is 4.39 Å². The third-order valence-electron chi connectivity index (χ3n) is 1.74. The molecule has 1 radical (unpaired) electrons. The van der Waals surface area contributed by atoms with Gasteiger partial charge in [-0.2, -0.15) is 0 Å². The molecule has 0 N–H and O–H groups in total. The van der Waals surface area contributed by atoms with Gasteiger partial charge in [0.15, 0.2) is 0 Å². The summed E-state index contributed by atoms with van der Waals surface area (Å²) >= 11 is 1.41. The first-order chi connectivity index (χ1) is 6.86. The Kier molecular flexibility index (Phi) is 2.84. The molecular weight excluding hydrogens is 195 g/mol. The average molecular weight is 203 g/mol. The molecule has 0 bridgehead atoms. The lowest BCUT2D eigenvalue weighted by molar-refractivity contribution is 0.599. The minimum Gasteiger partial charge on any atom is -0.205 e. The van der Waals surface area contributed by atoms with Crippen LogP contribution in [0.3, 0.4) is 0 Å². The van der Waals surface area contributed by atoms with Crippen molar-refractivity contribution in [3.63, 3.8) is 0 Å². The Morgan fingerprint density at radius 2 is 1.79 bits per heavy atom. The van der Waals surface area contributed by atoms with Gasteiger partial charge in [0, 0.05) is 15.9 Å². The Balaban J connectivity index is 2.24. The SMILES string of the molecule is Fc1[c]cccc1Sc1ccccc1. The van der Waals surface area contributed by atoms with Crippen molar-refractivity contribution in [2.75, 3.05) is 0 Å². The highest BCUT2D eigenvalue weighted by atomic mass is 32.2. The lowest BCUT2D eigenvalue weighted by atomic mass is 10.3. The summed E-state index contributed by atoms with van der Waals surface area (Å²) in [7, 11) is 0. The van der Waals surface area contributed by atoms with E-state index in [0.717, 1.165) is 4.90 Å². The largest absolute Gasteiger partial charge is 0.205 e. The van der Waals surface area contributed by atoms with Crippen molar-refractivity contribution >= 4 is 11.8 Å². The molecule has 2 heteroatoms. The van der Waals surface area contributed by atoms with Gasteiger partial charge in [-0.05, 0) is 18.2 Å². The lowest BCUT2D eigenvalue weighted by Gasteiger charge is -2.01. The van der Waals surface area contributed by atoms with Crippen molar-refractivity contribution in [3.8, 4) is 0 Å². The zero-order valence-electron chi connectivity index (χ0n) is 7.41. The number of rotatable bonds is 2. The first kappa shape index (κ1) is 9.28. The standard InChI is InChI=1S/C12H8FS/c13-11-8-4-5-9-12(11)14-10-6-2-1-3-7-10/h1-7,9H. The van der Waals surface area contributed by atoms with Gasteiger partial charge in [-0.15, -0.1) is 0 Å². The summed E-state index contributed by atoms with van der Waals surface area (Å²) in [5, 5.41) is 0. The number of hydrogen-bond acceptors (Lipinski definition) is 1. The Bertz CT molecular complexity index is 412. The lowest BCUT2D eigenvalue weighted by Crippen LogP contribution is -1.79. The normalized spacial score (nSPS) is 10.1. The zero-order chi connectivity index (χ0) is 9.80. The quantitative estimate of drug-likeness (QED) is 0.715. The predicted molar refractivity (Wildman–Crippen MR) is 55.8 cm³/mol. The van der Waals surface area contributed by atoms with Gasteiger partial charge in [0.1, 0.15) is 5.82 Å². The fourth-order valence-electron chi connectivity index (χ4n) is 1.10. The maximum Gasteiger partial charge on any atom is 0.145 e. The van der Waals surface area contributed by atoms with Crippen molar-refractivity contribution in [2.24, 2.45) is 0 Å². The molecule has 2 rings (SSSR count). The van der Waals surface area contributed by atoms with Gasteiger partial charge in [0.2, 0.25) is 0 Å². The molecule has 0 atom stereocenters. The van der Waals surface area contributed by atoms with Crippen LogP contribution in [0.1, 0.15) is 0 Å². The van der Waals surface area contributed by atoms with Gasteiger partial charge in [0.25, 0.3) is 0 Å². The maximum atomic E-state index is 13.2. The number of benzene rings is 2. The summed E-state index contributed by atoms with van der Waals surface area (Å²) < 4.78 is 13.2. The van der Waals surface area contributed by atoms with Crippen LogP contribution in [-0.2, 0) is 0 Å². The minimum atomic E-state index is -0.290. The molecule has 0 saturated carbocycles. The molecule has 0 unspecified atom stereocenters. The first-order valence-corrected chi connectivity index (χ1v) is 5.07. The molecular formula is C12H8FS. The molecule has 2 aromatic carbocycles. The van der Waals surface area contributed by atoms with Crippen LogP contribution in [0.2, 0.25) is 0 Å². The van der Waals surface area contributed by atoms with Crippen molar-refractivity contribution in [1.29, 1.82) is 0 Å². The molecule has 0 aromatic heterocycles. The predicted octanol–water partition coefficient (Wildman–Crippen LogP) is 3.78. The number of halogens is 1. The Hall–Kier alpha value is -1.28. The second-order valence-corrected chi connectivity index (χ2v) is 3.88. The Morgan fingerprint density at radius 1 is 1.00 bits per heavy atom. The highest BCUT2D eigenvalue weighted by Crippen LogP contribution is 2.28. The third kappa shape index (κ3) is 2.15. The van der Waals surface area contributed by atoms with Gasteiger partial charge in [0.05, 0.1) is 0 Å². The monoisotopic (exact) mass is 203 g/mol. The van der Waals surface area contributed by atoms with Gasteiger partial charge in [-0.1, -0.05) is 42.1 Å². The molecule has 0 aliphatic heterocycles. The molecule has 0 fully saturated rings. The van der Waals surface area contributed by atoms with Crippen molar-refractivity contribution in [1.82, 2.24) is 0 Å². The van der Waals surface area contributed by atoms with Crippen LogP contribution >= 0.6 is 11.8 Å². The summed E-state index contributed by atoms with van der Waals surface area (Å²) in [6.07, 6.45) is 0. The van der Waals surface area contributed by atoms with Crippen LogP contribution < -0.4 is 0 Å². The van der Waals surface area contributed by atoms with Crippen LogP contribution in [0.25, 0.3) is 0 Å². The molecule has 2 aromatic rings. The zero-order valence-corrected chi connectivity index (χ0v) is 8.22. The second-order valence-electron chi connectivity index (χ2n) is 2.76. The third-order valence-corrected chi connectivity index (χ3v) is 2.78. The Labute approximate surface area is 86.8 Å². The molecule has 0 aliphatic carbocycles. The average Bonchev–Trinajstić information content (AvgIpc) is 2.23. The molecule has 0 aliphatic rings. The van der Waals surface area contributed by atoms with Crippen molar-refractivity contribution < 1.29 is 4.39 Å². The van der Waals surface area contributed by atoms with Gasteiger partial charge >= 0.3 is 0 Å². The van der Waals surface area contributed by atoms with E-state index in [0.29, 0.717) is 4.90 Å². The summed E-state index contributed by atoms with van der Waals surface area (Å²) in [4.78, 5) is 1.64. The van der Waals surface area contributed by atoms with E-state index in [1.807, 2.05) is 30.3 Å². The van der Waals surface area contributed by atoms with E-state index in [-0.39, 0.29) is 5.82 Å². The minimum absolute atomic E-state index is 0.290. The fourth-order valence-corrected chi connectivity index (χ4v) is 1.94. The van der Waals surface area contributed by atoms with Gasteiger partial charge < -0.3 is 0 Å². The fraction of sp³-hybridized carbons (Fsp3) is 0. The summed E-state index contributed by atoms with van der Waals surface area (Å²) in [5.41, 5.74) is 0. The topological polar surface area (TPSA) is 0 Å². The van der Waals surface area contributed by atoms with Crippen LogP contribution in [0.4, 0.5) is 4.39 Å². The van der Waals surface area contributed by atoms with Crippen molar-refractivity contribution in [2.45, 2.75) is 9.79 Å². The first-order valence-electron chi connectivity index (χ1n) is 4.25. The maximum absolute atomic E-state index is 13.2. The van der Waals surface area contributed by atoms with Crippen LogP contribution in [0.5, 0.6) is 0 Å². The molecule has 0 spiro atoms. The molecule has 0 heterocycles. The number of hydrogen-bond donors (Lipinski definition) is 0. The molecule has 14 heavy (non-hydrogen) atoms. The van der Waals surface area contributed by atoms with Crippen molar-refractivity contribution in [3.05, 3.63) is 60.4 Å². The van der Waals surface area contributed by atoms with E-state index in [2.05, 4.69) is 6.07 Å². The molecule has 0 saturated heterocycles. The van der Waals surface area contributed by atoms with E-state index in [1.54, 1.807) is 18.2 Å². The Morgan fingerprint density at radius 3 is 2.50 bits per heavy atom. The summed E-state index contributed by atoms with van der Waals surface area (Å²) in [5.74, 6) is -0.290. The van der Waals surface area contributed by atoms with Crippen LogP contribution in [0, 0.1) is 11.9 Å². The second kappa shape index (κ2) is 4.29. The van der Waals surface area contributed by atoms with E-state index >= 15 is 0 Å². The summed E-state index contributed by atoms with van der Waals surface area (Å²) in [6.45, 7) is 0. The molecule has 69 valence electrons. The highest BCUT2D eigenvalue weighted by Gasteiger charge is 2.01. The van der Waals surface area contributed by atoms with Crippen LogP contribution in [0.15, 0.2) is 58.3 Å². The smallest absolute Gasteiger partial charge is 0.145 e. The molecule has 0 amide bonds. The van der Waals surface area contributed by atoms with Gasteiger partial charge in [-0.3, -0.25) is 0 Å². The van der Waals surface area contributed by atoms with E-state index in [4.69, 9.17) is 0 Å². The summed E-state index contributed by atoms with van der Waals surface area (Å²) in [6, 6.07) is 17.4. The van der Waals surface area contributed by atoms with Gasteiger partial charge in [-0.25, -0.2) is 4.39 Å². The van der Waals surface area contributed by atoms with Crippen LogP contribution in [-0.4, -0.2) is 0 Å². The van der Waals surface area contributed by atoms with E-state index < -0.39 is 0 Å². The van der Waals surface area contributed by atoms with E-state index in [1.165, 1.54) is 11.8 Å².